The molecular weight excluding hydrogens is 494 g/mol. The normalized spacial score (nSPS) is 13.9. The zero-order valence-electron chi connectivity index (χ0n) is 21.8. The summed E-state index contributed by atoms with van der Waals surface area (Å²) in [7, 11) is 0. The lowest BCUT2D eigenvalue weighted by Gasteiger charge is -2.30. The lowest BCUT2D eigenvalue weighted by Crippen LogP contribution is -2.40. The molecule has 8 heteroatoms. The van der Waals surface area contributed by atoms with Gasteiger partial charge in [-0.1, -0.05) is 17.8 Å². The van der Waals surface area contributed by atoms with Crippen molar-refractivity contribution in [3.05, 3.63) is 78.1 Å². The summed E-state index contributed by atoms with van der Waals surface area (Å²) >= 11 is 1.66. The summed E-state index contributed by atoms with van der Waals surface area (Å²) in [6.07, 6.45) is 3.18. The number of aromatic nitrogens is 2. The monoisotopic (exact) mass is 525 g/mol. The average Bonchev–Trinajstić information content (AvgIpc) is 2.91. The molecule has 0 atom stereocenters. The summed E-state index contributed by atoms with van der Waals surface area (Å²) in [6, 6.07) is 20.3. The minimum absolute atomic E-state index is 0.0212. The van der Waals surface area contributed by atoms with Crippen LogP contribution in [0, 0.1) is 19.8 Å². The Bertz CT molecular complexity index is 1480. The smallest absolute Gasteiger partial charge is 0.227 e. The molecule has 0 aliphatic carbocycles. The van der Waals surface area contributed by atoms with Crippen LogP contribution in [0.15, 0.2) is 76.7 Å². The molecule has 0 unspecified atom stereocenters. The second-order valence-electron chi connectivity index (χ2n) is 9.70. The van der Waals surface area contributed by atoms with Gasteiger partial charge in [-0.15, -0.1) is 0 Å². The molecule has 2 amide bonds. The molecule has 0 bridgehead atoms. The Morgan fingerprint density at radius 3 is 2.45 bits per heavy atom. The van der Waals surface area contributed by atoms with Gasteiger partial charge in [0.15, 0.2) is 5.65 Å². The number of anilines is 3. The van der Waals surface area contributed by atoms with Crippen LogP contribution >= 0.6 is 11.8 Å². The molecule has 1 saturated heterocycles. The Morgan fingerprint density at radius 2 is 1.71 bits per heavy atom. The highest BCUT2D eigenvalue weighted by molar-refractivity contribution is 7.99. The van der Waals surface area contributed by atoms with Gasteiger partial charge in [-0.3, -0.25) is 9.59 Å². The van der Waals surface area contributed by atoms with Crippen LogP contribution in [0.3, 0.4) is 0 Å². The molecule has 1 aliphatic heterocycles. The van der Waals surface area contributed by atoms with Crippen molar-refractivity contribution in [3.63, 3.8) is 0 Å². The number of benzene rings is 2. The quantitative estimate of drug-likeness (QED) is 0.306. The molecule has 3 heterocycles. The number of amides is 2. The van der Waals surface area contributed by atoms with E-state index in [0.29, 0.717) is 25.9 Å². The maximum atomic E-state index is 12.7. The number of nitrogens with one attached hydrogen (secondary N) is 2. The van der Waals surface area contributed by atoms with Crippen LogP contribution in [0.25, 0.3) is 11.0 Å². The van der Waals surface area contributed by atoms with E-state index in [4.69, 9.17) is 0 Å². The third kappa shape index (κ3) is 5.97. The van der Waals surface area contributed by atoms with E-state index in [1.807, 2.05) is 43.3 Å². The minimum atomic E-state index is -0.0655. The molecule has 0 spiro atoms. The van der Waals surface area contributed by atoms with Gasteiger partial charge < -0.3 is 15.5 Å². The first kappa shape index (κ1) is 25.7. The average molecular weight is 526 g/mol. The molecule has 5 rings (SSSR count). The Balaban J connectivity index is 1.27. The third-order valence-electron chi connectivity index (χ3n) is 6.81. The Kier molecular flexibility index (Phi) is 7.60. The highest BCUT2D eigenvalue weighted by Crippen LogP contribution is 2.37. The van der Waals surface area contributed by atoms with E-state index >= 15 is 0 Å². The zero-order chi connectivity index (χ0) is 26.6. The molecule has 2 N–H and O–H groups in total. The van der Waals surface area contributed by atoms with E-state index in [1.54, 1.807) is 29.8 Å². The van der Waals surface area contributed by atoms with Gasteiger partial charge in [0.1, 0.15) is 0 Å². The van der Waals surface area contributed by atoms with Crippen LogP contribution in [0.5, 0.6) is 0 Å². The van der Waals surface area contributed by atoms with Crippen molar-refractivity contribution in [1.82, 2.24) is 14.9 Å². The molecule has 0 radical (unpaired) electrons. The van der Waals surface area contributed by atoms with E-state index in [9.17, 15) is 9.59 Å². The van der Waals surface area contributed by atoms with Gasteiger partial charge in [0.05, 0.1) is 11.4 Å². The standard InChI is InChI=1S/C30H31N5O2S/c1-19-4-11-28(27(18-19)34-26-12-15-31-29-25(26)10-5-20(2)32-29)38-24-8-6-23(7-9-24)33-30(37)22-13-16-35(17-14-22)21(3)36/h4-12,15,18,22H,13-14,16-17H2,1-3H3,(H,33,37)(H,31,32,34). The van der Waals surface area contributed by atoms with Crippen molar-refractivity contribution in [2.45, 2.75) is 43.4 Å². The molecule has 1 aliphatic rings. The summed E-state index contributed by atoms with van der Waals surface area (Å²) in [5.74, 6) is 0.0298. The molecule has 7 nitrogen and oxygen atoms in total. The summed E-state index contributed by atoms with van der Waals surface area (Å²) in [5, 5.41) is 7.62. The molecule has 194 valence electrons. The Morgan fingerprint density at radius 1 is 0.947 bits per heavy atom. The van der Waals surface area contributed by atoms with Crippen LogP contribution in [0.4, 0.5) is 17.1 Å². The Hall–Kier alpha value is -3.91. The van der Waals surface area contributed by atoms with Gasteiger partial charge in [-0.25, -0.2) is 9.97 Å². The number of carbonyl (C=O) groups excluding carboxylic acids is 2. The number of rotatable bonds is 6. The number of likely N-dealkylation sites (tertiary alicyclic amines) is 1. The van der Waals surface area contributed by atoms with Crippen molar-refractivity contribution in [1.29, 1.82) is 0 Å². The second-order valence-corrected chi connectivity index (χ2v) is 10.8. The largest absolute Gasteiger partial charge is 0.354 e. The van der Waals surface area contributed by atoms with Crippen LogP contribution in [-0.4, -0.2) is 39.8 Å². The summed E-state index contributed by atoms with van der Waals surface area (Å²) in [4.78, 5) is 37.2. The number of fused-ring (bicyclic) bond motifs is 1. The van der Waals surface area contributed by atoms with Crippen molar-refractivity contribution in [2.75, 3.05) is 23.7 Å². The highest BCUT2D eigenvalue weighted by Gasteiger charge is 2.26. The number of aryl methyl sites for hydroxylation is 2. The lowest BCUT2D eigenvalue weighted by atomic mass is 9.96. The van der Waals surface area contributed by atoms with Crippen molar-refractivity contribution < 1.29 is 9.59 Å². The summed E-state index contributed by atoms with van der Waals surface area (Å²) < 4.78 is 0. The Labute approximate surface area is 227 Å². The fraction of sp³-hybridized carbons (Fsp3) is 0.267. The minimum Gasteiger partial charge on any atom is -0.354 e. The molecule has 4 aromatic rings. The van der Waals surface area contributed by atoms with Gasteiger partial charge in [0, 0.05) is 58.7 Å². The van der Waals surface area contributed by atoms with E-state index in [-0.39, 0.29) is 17.7 Å². The van der Waals surface area contributed by atoms with Crippen LogP contribution in [-0.2, 0) is 9.59 Å². The van der Waals surface area contributed by atoms with Gasteiger partial charge in [0.2, 0.25) is 11.8 Å². The molecule has 2 aromatic heterocycles. The summed E-state index contributed by atoms with van der Waals surface area (Å²) in [6.45, 7) is 6.90. The van der Waals surface area contributed by atoms with E-state index < -0.39 is 0 Å². The van der Waals surface area contributed by atoms with Crippen LogP contribution in [0.1, 0.15) is 31.0 Å². The number of piperidine rings is 1. The molecule has 0 saturated carbocycles. The van der Waals surface area contributed by atoms with Gasteiger partial charge in [-0.2, -0.15) is 0 Å². The van der Waals surface area contributed by atoms with Crippen molar-refractivity contribution in [3.8, 4) is 0 Å². The number of nitrogens with zero attached hydrogens (tertiary/aromatic N) is 3. The number of hydrogen-bond acceptors (Lipinski definition) is 6. The number of pyridine rings is 2. The maximum Gasteiger partial charge on any atom is 0.227 e. The summed E-state index contributed by atoms with van der Waals surface area (Å²) in [5.41, 5.74) is 5.57. The van der Waals surface area contributed by atoms with E-state index in [0.717, 1.165) is 49.1 Å². The number of hydrogen-bond donors (Lipinski definition) is 2. The predicted molar refractivity (Wildman–Crippen MR) is 153 cm³/mol. The third-order valence-corrected chi connectivity index (χ3v) is 7.89. The lowest BCUT2D eigenvalue weighted by molar-refractivity contribution is -0.132. The van der Waals surface area contributed by atoms with Crippen molar-refractivity contribution in [2.24, 2.45) is 5.92 Å². The topological polar surface area (TPSA) is 87.2 Å². The first-order valence-corrected chi connectivity index (χ1v) is 13.6. The number of carbonyl (C=O) groups is 2. The second kappa shape index (κ2) is 11.2. The first-order valence-electron chi connectivity index (χ1n) is 12.8. The molecular formula is C30H31N5O2S. The maximum absolute atomic E-state index is 12.7. The van der Waals surface area contributed by atoms with Gasteiger partial charge in [0.25, 0.3) is 0 Å². The molecule has 2 aromatic carbocycles. The fourth-order valence-corrected chi connectivity index (χ4v) is 5.52. The fourth-order valence-electron chi connectivity index (χ4n) is 4.64. The highest BCUT2D eigenvalue weighted by atomic mass is 32.2. The molecule has 38 heavy (non-hydrogen) atoms. The predicted octanol–water partition coefficient (Wildman–Crippen LogP) is 6.34. The molecule has 1 fully saturated rings. The SMILES string of the molecule is CC(=O)N1CCC(C(=O)Nc2ccc(Sc3ccc(C)cc3Nc3ccnc4nc(C)ccc34)cc2)CC1. The van der Waals surface area contributed by atoms with Crippen LogP contribution in [0.2, 0.25) is 0 Å². The van der Waals surface area contributed by atoms with Crippen molar-refractivity contribution >= 4 is 51.7 Å². The van der Waals surface area contributed by atoms with E-state index in [1.165, 1.54) is 0 Å². The van der Waals surface area contributed by atoms with Gasteiger partial charge in [-0.05, 0) is 86.8 Å². The van der Waals surface area contributed by atoms with E-state index in [2.05, 4.69) is 51.8 Å². The first-order chi connectivity index (χ1) is 18.4. The van der Waals surface area contributed by atoms with Gasteiger partial charge >= 0.3 is 0 Å². The zero-order valence-corrected chi connectivity index (χ0v) is 22.6. The van der Waals surface area contributed by atoms with Crippen LogP contribution < -0.4 is 10.6 Å².